The van der Waals surface area contributed by atoms with E-state index in [9.17, 15) is 4.39 Å². The maximum absolute atomic E-state index is 13.8. The molecule has 0 saturated carbocycles. The Morgan fingerprint density at radius 2 is 2.00 bits per heavy atom. The number of hydrogen-bond donors (Lipinski definition) is 1. The maximum atomic E-state index is 13.8. The third-order valence-electron chi connectivity index (χ3n) is 2.50. The molecule has 1 nitrogen and oxygen atoms in total. The number of alkyl halides is 1. The molecule has 0 aromatic heterocycles. The summed E-state index contributed by atoms with van der Waals surface area (Å²) in [5.41, 5.74) is 1.92. The van der Waals surface area contributed by atoms with Gasteiger partial charge < -0.3 is 5.32 Å². The van der Waals surface area contributed by atoms with Gasteiger partial charge in [0, 0.05) is 23.5 Å². The van der Waals surface area contributed by atoms with E-state index in [1.165, 1.54) is 0 Å². The van der Waals surface area contributed by atoms with Crippen molar-refractivity contribution in [2.75, 3.05) is 6.54 Å². The van der Waals surface area contributed by atoms with E-state index in [0.29, 0.717) is 18.0 Å². The number of hydrogen-bond acceptors (Lipinski definition) is 1. The number of benzene rings is 1. The third kappa shape index (κ3) is 5.51. The van der Waals surface area contributed by atoms with Gasteiger partial charge in [-0.15, -0.1) is 0 Å². The van der Waals surface area contributed by atoms with Gasteiger partial charge in [-0.2, -0.15) is 0 Å². The quantitative estimate of drug-likeness (QED) is 0.862. The Hall–Kier alpha value is -0.600. The molecule has 1 aromatic rings. The topological polar surface area (TPSA) is 12.0 Å². The van der Waals surface area contributed by atoms with Gasteiger partial charge in [0.25, 0.3) is 0 Å². The maximum Gasteiger partial charge on any atom is 0.117 e. The highest BCUT2D eigenvalue weighted by Crippen LogP contribution is 2.19. The van der Waals surface area contributed by atoms with Gasteiger partial charge in [-0.3, -0.25) is 0 Å². The van der Waals surface area contributed by atoms with Crippen LogP contribution in [0.2, 0.25) is 5.02 Å². The van der Waals surface area contributed by atoms with Crippen LogP contribution in [0.4, 0.5) is 4.39 Å². The first-order valence-corrected chi connectivity index (χ1v) is 6.30. The van der Waals surface area contributed by atoms with Gasteiger partial charge in [0.1, 0.15) is 6.17 Å². The van der Waals surface area contributed by atoms with Crippen molar-refractivity contribution in [3.05, 3.63) is 34.3 Å². The van der Waals surface area contributed by atoms with Crippen LogP contribution in [-0.2, 0) is 6.42 Å². The lowest BCUT2D eigenvalue weighted by Gasteiger charge is -2.22. The average Bonchev–Trinajstić information content (AvgIpc) is 2.18. The molecule has 1 rings (SSSR count). The second-order valence-corrected chi connectivity index (χ2v) is 5.93. The normalized spacial score (nSPS) is 13.8. The molecule has 1 unspecified atom stereocenters. The molecule has 0 radical (unpaired) electrons. The van der Waals surface area contributed by atoms with E-state index in [1.807, 2.05) is 45.9 Å². The molecule has 1 aromatic carbocycles. The SMILES string of the molecule is Cc1ccc(CC(F)CNC(C)(C)C)c(Cl)c1. The van der Waals surface area contributed by atoms with Gasteiger partial charge in [-0.05, 0) is 44.9 Å². The van der Waals surface area contributed by atoms with Crippen molar-refractivity contribution in [1.29, 1.82) is 0 Å². The minimum absolute atomic E-state index is 0.0542. The molecular formula is C14H21ClFN. The van der Waals surface area contributed by atoms with E-state index in [4.69, 9.17) is 11.6 Å². The molecular weight excluding hydrogens is 237 g/mol. The average molecular weight is 258 g/mol. The predicted octanol–water partition coefficient (Wildman–Crippen LogP) is 3.92. The lowest BCUT2D eigenvalue weighted by atomic mass is 10.0. The van der Waals surface area contributed by atoms with Gasteiger partial charge in [0.05, 0.1) is 0 Å². The lowest BCUT2D eigenvalue weighted by molar-refractivity contribution is 0.284. The minimum Gasteiger partial charge on any atom is -0.309 e. The molecule has 0 bridgehead atoms. The van der Waals surface area contributed by atoms with E-state index in [1.54, 1.807) is 0 Å². The molecule has 0 aliphatic rings. The van der Waals surface area contributed by atoms with Crippen molar-refractivity contribution in [3.63, 3.8) is 0 Å². The molecule has 1 atom stereocenters. The largest absolute Gasteiger partial charge is 0.309 e. The summed E-state index contributed by atoms with van der Waals surface area (Å²) in [6.45, 7) is 8.41. The zero-order valence-electron chi connectivity index (χ0n) is 11.0. The second-order valence-electron chi connectivity index (χ2n) is 5.53. The first-order valence-electron chi connectivity index (χ1n) is 5.92. The van der Waals surface area contributed by atoms with E-state index in [2.05, 4.69) is 5.32 Å². The summed E-state index contributed by atoms with van der Waals surface area (Å²) in [6, 6.07) is 5.74. The molecule has 3 heteroatoms. The van der Waals surface area contributed by atoms with Crippen LogP contribution >= 0.6 is 11.6 Å². The van der Waals surface area contributed by atoms with Gasteiger partial charge in [-0.25, -0.2) is 4.39 Å². The Bertz CT molecular complexity index is 371. The Morgan fingerprint density at radius 3 is 2.53 bits per heavy atom. The van der Waals surface area contributed by atoms with E-state index >= 15 is 0 Å². The van der Waals surface area contributed by atoms with Crippen LogP contribution in [0.25, 0.3) is 0 Å². The van der Waals surface area contributed by atoms with E-state index in [-0.39, 0.29) is 5.54 Å². The highest BCUT2D eigenvalue weighted by molar-refractivity contribution is 6.31. The highest BCUT2D eigenvalue weighted by Gasteiger charge is 2.14. The Balaban J connectivity index is 2.53. The molecule has 0 saturated heterocycles. The van der Waals surface area contributed by atoms with Gasteiger partial charge in [0.2, 0.25) is 0 Å². The van der Waals surface area contributed by atoms with Crippen LogP contribution in [0.1, 0.15) is 31.9 Å². The molecule has 0 aliphatic heterocycles. The number of rotatable bonds is 4. The lowest BCUT2D eigenvalue weighted by Crippen LogP contribution is -2.40. The number of halogens is 2. The smallest absolute Gasteiger partial charge is 0.117 e. The zero-order chi connectivity index (χ0) is 13.1. The highest BCUT2D eigenvalue weighted by atomic mass is 35.5. The third-order valence-corrected chi connectivity index (χ3v) is 2.86. The Kier molecular flexibility index (Phi) is 4.96. The van der Waals surface area contributed by atoms with Gasteiger partial charge in [-0.1, -0.05) is 23.7 Å². The predicted molar refractivity (Wildman–Crippen MR) is 72.5 cm³/mol. The monoisotopic (exact) mass is 257 g/mol. The van der Waals surface area contributed by atoms with Crippen LogP contribution in [0.3, 0.4) is 0 Å². The summed E-state index contributed by atoms with van der Waals surface area (Å²) in [5, 5.41) is 3.81. The van der Waals surface area contributed by atoms with Crippen LogP contribution in [0.5, 0.6) is 0 Å². The van der Waals surface area contributed by atoms with Crippen LogP contribution in [0.15, 0.2) is 18.2 Å². The van der Waals surface area contributed by atoms with E-state index in [0.717, 1.165) is 11.1 Å². The van der Waals surface area contributed by atoms with Gasteiger partial charge in [0.15, 0.2) is 0 Å². The van der Waals surface area contributed by atoms with Crippen LogP contribution in [-0.4, -0.2) is 18.3 Å². The molecule has 17 heavy (non-hydrogen) atoms. The summed E-state index contributed by atoms with van der Waals surface area (Å²) < 4.78 is 13.8. The summed E-state index contributed by atoms with van der Waals surface area (Å²) in [6.07, 6.45) is -0.545. The van der Waals surface area contributed by atoms with Crippen molar-refractivity contribution in [2.24, 2.45) is 0 Å². The first-order chi connectivity index (χ1) is 7.78. The van der Waals surface area contributed by atoms with Crippen molar-refractivity contribution >= 4 is 11.6 Å². The molecule has 96 valence electrons. The number of nitrogens with one attached hydrogen (secondary N) is 1. The second kappa shape index (κ2) is 5.83. The fourth-order valence-corrected chi connectivity index (χ4v) is 1.86. The molecule has 0 amide bonds. The summed E-state index contributed by atoms with van der Waals surface area (Å²) in [7, 11) is 0. The zero-order valence-corrected chi connectivity index (χ0v) is 11.7. The molecule has 0 fully saturated rings. The van der Waals surface area contributed by atoms with Crippen LogP contribution < -0.4 is 5.32 Å². The van der Waals surface area contributed by atoms with Crippen molar-refractivity contribution in [3.8, 4) is 0 Å². The van der Waals surface area contributed by atoms with Crippen molar-refractivity contribution in [2.45, 2.75) is 45.8 Å². The summed E-state index contributed by atoms with van der Waals surface area (Å²) in [4.78, 5) is 0. The molecule has 0 spiro atoms. The van der Waals surface area contributed by atoms with Crippen molar-refractivity contribution < 1.29 is 4.39 Å². The molecule has 0 aliphatic carbocycles. The van der Waals surface area contributed by atoms with Crippen molar-refractivity contribution in [1.82, 2.24) is 5.32 Å². The summed E-state index contributed by atoms with van der Waals surface area (Å²) >= 11 is 6.08. The van der Waals surface area contributed by atoms with Crippen LogP contribution in [0, 0.1) is 6.92 Å². The molecule has 0 heterocycles. The van der Waals surface area contributed by atoms with E-state index < -0.39 is 6.17 Å². The Morgan fingerprint density at radius 1 is 1.35 bits per heavy atom. The summed E-state index contributed by atoms with van der Waals surface area (Å²) in [5.74, 6) is 0. The fraction of sp³-hybridized carbons (Fsp3) is 0.571. The molecule has 1 N–H and O–H groups in total. The number of aryl methyl sites for hydroxylation is 1. The standard InChI is InChI=1S/C14H21ClFN/c1-10-5-6-11(13(15)7-10)8-12(16)9-17-14(2,3)4/h5-7,12,17H,8-9H2,1-4H3. The first kappa shape index (κ1) is 14.5. The Labute approximate surface area is 108 Å². The fourth-order valence-electron chi connectivity index (χ4n) is 1.55. The van der Waals surface area contributed by atoms with Gasteiger partial charge >= 0.3 is 0 Å². The minimum atomic E-state index is -0.908.